The second-order valence-electron chi connectivity index (χ2n) is 7.95. The first-order valence-corrected chi connectivity index (χ1v) is 11.8. The van der Waals surface area contributed by atoms with Gasteiger partial charge in [0.25, 0.3) is 14.3 Å². The Morgan fingerprint density at radius 3 is 1.92 bits per heavy atom. The standard InChI is InChI=1S/C20H40O3Si/c1-16(2)24(17(3)4,18(5)6)23-20(22)14-12-10-8-9-11-13-19(7)15-21/h13,16-18,21H,8-12,14-15H2,1-7H3/b19-13+. The van der Waals surface area contributed by atoms with E-state index in [1.807, 2.05) is 6.92 Å². The number of allylic oxidation sites excluding steroid dienone is 1. The second-order valence-corrected chi connectivity index (χ2v) is 13.3. The first-order valence-electron chi connectivity index (χ1n) is 9.66. The van der Waals surface area contributed by atoms with Crippen molar-refractivity contribution >= 4 is 14.3 Å². The van der Waals surface area contributed by atoms with Gasteiger partial charge >= 0.3 is 0 Å². The molecule has 0 unspecified atom stereocenters. The fourth-order valence-electron chi connectivity index (χ4n) is 3.78. The van der Waals surface area contributed by atoms with Gasteiger partial charge in [-0.15, -0.1) is 0 Å². The lowest BCUT2D eigenvalue weighted by atomic mass is 10.1. The highest BCUT2D eigenvalue weighted by atomic mass is 28.4. The van der Waals surface area contributed by atoms with Gasteiger partial charge in [0.15, 0.2) is 0 Å². The third-order valence-corrected chi connectivity index (χ3v) is 11.1. The molecule has 0 radical (unpaired) electrons. The summed E-state index contributed by atoms with van der Waals surface area (Å²) in [6.45, 7) is 15.4. The van der Waals surface area contributed by atoms with Crippen molar-refractivity contribution in [1.29, 1.82) is 0 Å². The Morgan fingerprint density at radius 1 is 0.958 bits per heavy atom. The molecule has 0 fully saturated rings. The number of carbonyl (C=O) groups excluding carboxylic acids is 1. The van der Waals surface area contributed by atoms with Crippen molar-refractivity contribution in [3.05, 3.63) is 11.6 Å². The molecule has 0 aromatic rings. The van der Waals surface area contributed by atoms with Gasteiger partial charge in [0.2, 0.25) is 0 Å². The molecule has 0 spiro atoms. The van der Waals surface area contributed by atoms with Gasteiger partial charge in [-0.05, 0) is 42.8 Å². The largest absolute Gasteiger partial charge is 0.518 e. The molecule has 0 aliphatic carbocycles. The van der Waals surface area contributed by atoms with Crippen molar-refractivity contribution in [3.8, 4) is 0 Å². The number of carbonyl (C=O) groups is 1. The lowest BCUT2D eigenvalue weighted by Crippen LogP contribution is -2.49. The van der Waals surface area contributed by atoms with Crippen LogP contribution < -0.4 is 0 Å². The molecule has 0 saturated carbocycles. The molecular formula is C20H40O3Si. The average molecular weight is 357 g/mol. The molecular weight excluding hydrogens is 316 g/mol. The average Bonchev–Trinajstić information content (AvgIpc) is 2.50. The van der Waals surface area contributed by atoms with E-state index in [-0.39, 0.29) is 12.6 Å². The summed E-state index contributed by atoms with van der Waals surface area (Å²) >= 11 is 0. The van der Waals surface area contributed by atoms with Gasteiger partial charge in [-0.2, -0.15) is 0 Å². The van der Waals surface area contributed by atoms with E-state index in [1.54, 1.807) is 0 Å². The Balaban J connectivity index is 4.24. The van der Waals surface area contributed by atoms with Crippen LogP contribution >= 0.6 is 0 Å². The Hall–Kier alpha value is -0.613. The van der Waals surface area contributed by atoms with Gasteiger partial charge in [-0.25, -0.2) is 0 Å². The highest BCUT2D eigenvalue weighted by Crippen LogP contribution is 2.42. The zero-order chi connectivity index (χ0) is 18.8. The van der Waals surface area contributed by atoms with Gasteiger partial charge < -0.3 is 9.53 Å². The van der Waals surface area contributed by atoms with E-state index in [4.69, 9.17) is 9.53 Å². The van der Waals surface area contributed by atoms with Gasteiger partial charge in [-0.3, -0.25) is 4.79 Å². The first kappa shape index (κ1) is 23.4. The molecule has 0 saturated heterocycles. The van der Waals surface area contributed by atoms with E-state index in [0.29, 0.717) is 23.0 Å². The topological polar surface area (TPSA) is 46.5 Å². The van der Waals surface area contributed by atoms with Crippen LogP contribution in [-0.4, -0.2) is 26.0 Å². The third kappa shape index (κ3) is 7.52. The van der Waals surface area contributed by atoms with Gasteiger partial charge in [0.05, 0.1) is 6.61 Å². The van der Waals surface area contributed by atoms with Crippen LogP contribution in [0.1, 0.15) is 87.0 Å². The van der Waals surface area contributed by atoms with Crippen LogP contribution in [-0.2, 0) is 9.22 Å². The maximum atomic E-state index is 12.4. The summed E-state index contributed by atoms with van der Waals surface area (Å²) in [5.41, 5.74) is 2.38. The Labute approximate surface area is 151 Å². The summed E-state index contributed by atoms with van der Waals surface area (Å²) in [6, 6.07) is 0. The predicted octanol–water partition coefficient (Wildman–Crippen LogP) is 5.98. The molecule has 3 nitrogen and oxygen atoms in total. The number of hydrogen-bond acceptors (Lipinski definition) is 3. The van der Waals surface area contributed by atoms with Crippen molar-refractivity contribution in [2.75, 3.05) is 6.61 Å². The summed E-state index contributed by atoms with van der Waals surface area (Å²) < 4.78 is 6.16. The molecule has 0 amide bonds. The number of rotatable bonds is 12. The maximum absolute atomic E-state index is 12.4. The van der Waals surface area contributed by atoms with Gasteiger partial charge in [0.1, 0.15) is 0 Å². The zero-order valence-electron chi connectivity index (χ0n) is 17.0. The number of hydrogen-bond donors (Lipinski definition) is 1. The fraction of sp³-hybridized carbons (Fsp3) is 0.850. The molecule has 0 aliphatic heterocycles. The highest BCUT2D eigenvalue weighted by molar-refractivity contribution is 6.78. The molecule has 0 atom stereocenters. The molecule has 142 valence electrons. The number of aliphatic hydroxyl groups excluding tert-OH is 1. The van der Waals surface area contributed by atoms with Crippen LogP contribution in [0.5, 0.6) is 0 Å². The fourth-order valence-corrected chi connectivity index (χ4v) is 8.99. The molecule has 0 aromatic carbocycles. The van der Waals surface area contributed by atoms with Crippen LogP contribution in [0.15, 0.2) is 11.6 Å². The molecule has 0 aliphatic rings. The number of aliphatic hydroxyl groups is 1. The third-order valence-electron chi connectivity index (χ3n) is 5.07. The summed E-state index contributed by atoms with van der Waals surface area (Å²) in [5, 5.41) is 8.93. The smallest absolute Gasteiger partial charge is 0.292 e. The van der Waals surface area contributed by atoms with Crippen LogP contribution in [0.3, 0.4) is 0 Å². The quantitative estimate of drug-likeness (QED) is 0.265. The van der Waals surface area contributed by atoms with Crippen LogP contribution in [0.2, 0.25) is 16.6 Å². The summed E-state index contributed by atoms with van der Waals surface area (Å²) in [6.07, 6.45) is 7.90. The minimum Gasteiger partial charge on any atom is -0.518 e. The molecule has 4 heteroatoms. The van der Waals surface area contributed by atoms with Gasteiger partial charge in [-0.1, -0.05) is 66.0 Å². The molecule has 0 aromatic heterocycles. The summed E-state index contributed by atoms with van der Waals surface area (Å²) in [4.78, 5) is 12.4. The molecule has 24 heavy (non-hydrogen) atoms. The summed E-state index contributed by atoms with van der Waals surface area (Å²) in [5.74, 6) is 0.00814. The maximum Gasteiger partial charge on any atom is 0.292 e. The van der Waals surface area contributed by atoms with E-state index in [2.05, 4.69) is 47.6 Å². The molecule has 0 heterocycles. The van der Waals surface area contributed by atoms with Crippen molar-refractivity contribution in [1.82, 2.24) is 0 Å². The zero-order valence-corrected chi connectivity index (χ0v) is 18.0. The predicted molar refractivity (Wildman–Crippen MR) is 106 cm³/mol. The lowest BCUT2D eigenvalue weighted by molar-refractivity contribution is -0.135. The van der Waals surface area contributed by atoms with E-state index >= 15 is 0 Å². The second kappa shape index (κ2) is 11.9. The number of unbranched alkanes of at least 4 members (excludes halogenated alkanes) is 4. The Morgan fingerprint density at radius 2 is 1.46 bits per heavy atom. The Kier molecular flexibility index (Phi) is 11.6. The Bertz CT molecular complexity index is 365. The van der Waals surface area contributed by atoms with Crippen LogP contribution in [0, 0.1) is 0 Å². The van der Waals surface area contributed by atoms with Crippen molar-refractivity contribution in [3.63, 3.8) is 0 Å². The molecule has 1 N–H and O–H groups in total. The van der Waals surface area contributed by atoms with E-state index < -0.39 is 8.32 Å². The highest BCUT2D eigenvalue weighted by Gasteiger charge is 2.47. The SMILES string of the molecule is C/C(=C\CCCCCCC(=O)O[Si](C(C)C)(C(C)C)C(C)C)CO. The van der Waals surface area contributed by atoms with Crippen molar-refractivity contribution in [2.24, 2.45) is 0 Å². The van der Waals surface area contributed by atoms with E-state index in [0.717, 1.165) is 37.7 Å². The van der Waals surface area contributed by atoms with E-state index in [9.17, 15) is 4.79 Å². The van der Waals surface area contributed by atoms with Crippen LogP contribution in [0.4, 0.5) is 0 Å². The van der Waals surface area contributed by atoms with Crippen molar-refractivity contribution < 1.29 is 14.3 Å². The minimum absolute atomic E-state index is 0.00814. The van der Waals surface area contributed by atoms with E-state index in [1.165, 1.54) is 0 Å². The molecule has 0 rings (SSSR count). The van der Waals surface area contributed by atoms with Crippen molar-refractivity contribution in [2.45, 2.75) is 104 Å². The monoisotopic (exact) mass is 356 g/mol. The van der Waals surface area contributed by atoms with Gasteiger partial charge in [0, 0.05) is 6.42 Å². The summed E-state index contributed by atoms with van der Waals surface area (Å²) in [7, 11) is -2.07. The lowest BCUT2D eigenvalue weighted by Gasteiger charge is -2.41. The first-order chi connectivity index (χ1) is 11.2. The van der Waals surface area contributed by atoms with Crippen LogP contribution in [0.25, 0.3) is 0 Å². The normalized spacial score (nSPS) is 13.2. The molecule has 0 bridgehead atoms. The minimum atomic E-state index is -2.07.